The third-order valence-corrected chi connectivity index (χ3v) is 3.87. The van der Waals surface area contributed by atoms with E-state index in [0.29, 0.717) is 13.2 Å². The summed E-state index contributed by atoms with van der Waals surface area (Å²) >= 11 is 5.67. The van der Waals surface area contributed by atoms with Crippen LogP contribution in [0.25, 0.3) is 0 Å². The van der Waals surface area contributed by atoms with Crippen molar-refractivity contribution in [2.24, 2.45) is 5.92 Å². The van der Waals surface area contributed by atoms with Gasteiger partial charge in [-0.25, -0.2) is 0 Å². The van der Waals surface area contributed by atoms with Crippen molar-refractivity contribution in [2.45, 2.75) is 12.5 Å². The van der Waals surface area contributed by atoms with Crippen molar-refractivity contribution in [3.8, 4) is 0 Å². The maximum Gasteiger partial charge on any atom is 0.287 e. The summed E-state index contributed by atoms with van der Waals surface area (Å²) in [4.78, 5) is 12.0. The third kappa shape index (κ3) is 3.28. The lowest BCUT2D eigenvalue weighted by atomic mass is 9.95. The van der Waals surface area contributed by atoms with Gasteiger partial charge in [-0.1, -0.05) is 30.3 Å². The van der Waals surface area contributed by atoms with Gasteiger partial charge in [0.15, 0.2) is 11.0 Å². The Morgan fingerprint density at radius 1 is 1.24 bits per heavy atom. The number of halogens is 1. The third-order valence-electron chi connectivity index (χ3n) is 3.66. The highest BCUT2D eigenvalue weighted by molar-refractivity contribution is 6.29. The molecule has 1 aromatic carbocycles. The van der Waals surface area contributed by atoms with E-state index in [-0.39, 0.29) is 28.9 Å². The van der Waals surface area contributed by atoms with Crippen molar-refractivity contribution < 1.29 is 13.9 Å². The Morgan fingerprint density at radius 2 is 2.05 bits per heavy atom. The maximum absolute atomic E-state index is 12.0. The van der Waals surface area contributed by atoms with Crippen molar-refractivity contribution in [2.75, 3.05) is 13.2 Å². The van der Waals surface area contributed by atoms with Crippen LogP contribution >= 0.6 is 11.6 Å². The van der Waals surface area contributed by atoms with Crippen molar-refractivity contribution >= 4 is 17.5 Å². The molecule has 1 aliphatic rings. The lowest BCUT2D eigenvalue weighted by Gasteiger charge is -2.19. The Hall–Kier alpha value is -1.78. The molecule has 5 heteroatoms. The number of hydrogen-bond acceptors (Lipinski definition) is 3. The van der Waals surface area contributed by atoms with Crippen molar-refractivity contribution in [3.05, 3.63) is 59.0 Å². The summed E-state index contributed by atoms with van der Waals surface area (Å²) in [5, 5.41) is 3.10. The highest BCUT2D eigenvalue weighted by atomic mass is 35.5. The second kappa shape index (κ2) is 6.33. The van der Waals surface area contributed by atoms with Crippen LogP contribution < -0.4 is 5.32 Å². The molecule has 0 radical (unpaired) electrons. The Morgan fingerprint density at radius 3 is 2.76 bits per heavy atom. The minimum absolute atomic E-state index is 0.0340. The van der Waals surface area contributed by atoms with E-state index in [1.165, 1.54) is 0 Å². The van der Waals surface area contributed by atoms with E-state index in [4.69, 9.17) is 20.8 Å². The SMILES string of the molecule is O=C(NC[C@H]1CCO[C@@H]1c1ccccc1)c1ccc(Cl)o1. The molecule has 0 spiro atoms. The molecule has 2 atom stereocenters. The van der Waals surface area contributed by atoms with Gasteiger partial charge in [0.05, 0.1) is 6.10 Å². The van der Waals surface area contributed by atoms with Gasteiger partial charge in [-0.2, -0.15) is 0 Å². The molecule has 1 N–H and O–H groups in total. The van der Waals surface area contributed by atoms with E-state index in [2.05, 4.69) is 17.4 Å². The lowest BCUT2D eigenvalue weighted by molar-refractivity contribution is 0.0832. The molecule has 0 bridgehead atoms. The first-order chi connectivity index (χ1) is 10.2. The Balaban J connectivity index is 1.61. The number of carbonyl (C=O) groups excluding carboxylic acids is 1. The molecule has 3 rings (SSSR count). The second-order valence-corrected chi connectivity index (χ2v) is 5.44. The zero-order chi connectivity index (χ0) is 14.7. The first kappa shape index (κ1) is 14.2. The normalized spacial score (nSPS) is 21.4. The van der Waals surface area contributed by atoms with Gasteiger partial charge in [0.25, 0.3) is 5.91 Å². The monoisotopic (exact) mass is 305 g/mol. The number of benzene rings is 1. The number of furan rings is 1. The number of nitrogens with one attached hydrogen (secondary N) is 1. The molecule has 0 aliphatic carbocycles. The molecule has 1 saturated heterocycles. The summed E-state index contributed by atoms with van der Waals surface area (Å²) in [6.45, 7) is 1.27. The molecule has 0 saturated carbocycles. The minimum Gasteiger partial charge on any atom is -0.440 e. The molecule has 2 aromatic rings. The molecule has 4 nitrogen and oxygen atoms in total. The van der Waals surface area contributed by atoms with Crippen molar-refractivity contribution in [1.29, 1.82) is 0 Å². The van der Waals surface area contributed by atoms with E-state index in [1.54, 1.807) is 12.1 Å². The molecule has 0 unspecified atom stereocenters. The van der Waals surface area contributed by atoms with E-state index < -0.39 is 0 Å². The van der Waals surface area contributed by atoms with Crippen LogP contribution in [-0.4, -0.2) is 19.1 Å². The quantitative estimate of drug-likeness (QED) is 0.941. The van der Waals surface area contributed by atoms with Gasteiger partial charge in [-0.15, -0.1) is 0 Å². The van der Waals surface area contributed by atoms with Gasteiger partial charge in [0.1, 0.15) is 0 Å². The smallest absolute Gasteiger partial charge is 0.287 e. The first-order valence-electron chi connectivity index (χ1n) is 6.94. The van der Waals surface area contributed by atoms with Gasteiger partial charge >= 0.3 is 0 Å². The molecule has 1 fully saturated rings. The van der Waals surface area contributed by atoms with E-state index >= 15 is 0 Å². The van der Waals surface area contributed by atoms with E-state index in [1.807, 2.05) is 18.2 Å². The van der Waals surface area contributed by atoms with Crippen LogP contribution in [0.2, 0.25) is 5.22 Å². The van der Waals surface area contributed by atoms with Crippen LogP contribution in [0.1, 0.15) is 28.6 Å². The largest absolute Gasteiger partial charge is 0.440 e. The van der Waals surface area contributed by atoms with Crippen LogP contribution in [0, 0.1) is 5.92 Å². The van der Waals surface area contributed by atoms with Crippen LogP contribution in [0.4, 0.5) is 0 Å². The highest BCUT2D eigenvalue weighted by Gasteiger charge is 2.30. The predicted octanol–water partition coefficient (Wildman–Crippen LogP) is 3.44. The summed E-state index contributed by atoms with van der Waals surface area (Å²) in [5.74, 6) is 0.248. The number of amides is 1. The number of carbonyl (C=O) groups is 1. The Labute approximate surface area is 128 Å². The van der Waals surface area contributed by atoms with Crippen LogP contribution in [0.5, 0.6) is 0 Å². The molecule has 1 amide bonds. The van der Waals surface area contributed by atoms with Gasteiger partial charge in [0, 0.05) is 19.1 Å². The lowest BCUT2D eigenvalue weighted by Crippen LogP contribution is -2.30. The number of rotatable bonds is 4. The number of hydrogen-bond donors (Lipinski definition) is 1. The standard InChI is InChI=1S/C16H16ClNO3/c17-14-7-6-13(21-14)16(19)18-10-12-8-9-20-15(12)11-4-2-1-3-5-11/h1-7,12,15H,8-10H2,(H,18,19)/t12-,15-/m1/s1. The topological polar surface area (TPSA) is 51.5 Å². The predicted molar refractivity (Wildman–Crippen MR) is 79.3 cm³/mol. The zero-order valence-electron chi connectivity index (χ0n) is 11.4. The maximum atomic E-state index is 12.0. The summed E-state index contributed by atoms with van der Waals surface area (Å²) < 4.78 is 10.9. The van der Waals surface area contributed by atoms with Gasteiger partial charge < -0.3 is 14.5 Å². The average Bonchev–Trinajstić information content (AvgIpc) is 3.14. The fraction of sp³-hybridized carbons (Fsp3) is 0.312. The first-order valence-corrected chi connectivity index (χ1v) is 7.32. The Kier molecular flexibility index (Phi) is 4.27. The second-order valence-electron chi connectivity index (χ2n) is 5.06. The molecular formula is C16H16ClNO3. The van der Waals surface area contributed by atoms with E-state index in [0.717, 1.165) is 12.0 Å². The molecule has 1 aliphatic heterocycles. The van der Waals surface area contributed by atoms with Gasteiger partial charge in [0.2, 0.25) is 0 Å². The average molecular weight is 306 g/mol. The van der Waals surface area contributed by atoms with Crippen molar-refractivity contribution in [1.82, 2.24) is 5.32 Å². The molecule has 110 valence electrons. The minimum atomic E-state index is -0.249. The molecule has 2 heterocycles. The molecule has 21 heavy (non-hydrogen) atoms. The fourth-order valence-electron chi connectivity index (χ4n) is 2.60. The molecular weight excluding hydrogens is 290 g/mol. The fourth-order valence-corrected chi connectivity index (χ4v) is 2.75. The van der Waals surface area contributed by atoms with Gasteiger partial charge in [-0.3, -0.25) is 4.79 Å². The van der Waals surface area contributed by atoms with Gasteiger partial charge in [-0.05, 0) is 35.7 Å². The Bertz CT molecular complexity index is 611. The van der Waals surface area contributed by atoms with Crippen LogP contribution in [-0.2, 0) is 4.74 Å². The van der Waals surface area contributed by atoms with Crippen LogP contribution in [0.3, 0.4) is 0 Å². The van der Waals surface area contributed by atoms with Crippen LogP contribution in [0.15, 0.2) is 46.9 Å². The molecule has 1 aromatic heterocycles. The summed E-state index contributed by atoms with van der Waals surface area (Å²) in [6, 6.07) is 13.2. The summed E-state index contributed by atoms with van der Waals surface area (Å²) in [5.41, 5.74) is 1.15. The van der Waals surface area contributed by atoms with Crippen molar-refractivity contribution in [3.63, 3.8) is 0 Å². The highest BCUT2D eigenvalue weighted by Crippen LogP contribution is 2.33. The van der Waals surface area contributed by atoms with E-state index in [9.17, 15) is 4.79 Å². The number of ether oxygens (including phenoxy) is 1. The zero-order valence-corrected chi connectivity index (χ0v) is 12.2. The summed E-state index contributed by atoms with van der Waals surface area (Å²) in [7, 11) is 0. The summed E-state index contributed by atoms with van der Waals surface area (Å²) in [6.07, 6.45) is 0.963.